The second-order valence-electron chi connectivity index (χ2n) is 8.39. The van der Waals surface area contributed by atoms with Gasteiger partial charge in [0, 0.05) is 31.6 Å². The van der Waals surface area contributed by atoms with Gasteiger partial charge in [-0.05, 0) is 48.9 Å². The maximum Gasteiger partial charge on any atom is 0.266 e. The van der Waals surface area contributed by atoms with Crippen molar-refractivity contribution in [1.29, 1.82) is 0 Å². The molecule has 1 amide bonds. The van der Waals surface area contributed by atoms with Crippen LogP contribution in [0.4, 0.5) is 0 Å². The summed E-state index contributed by atoms with van der Waals surface area (Å²) >= 11 is 0. The molecule has 1 aliphatic heterocycles. The summed E-state index contributed by atoms with van der Waals surface area (Å²) in [5.74, 6) is 2.23. The van der Waals surface area contributed by atoms with Crippen LogP contribution in [0.2, 0.25) is 0 Å². The van der Waals surface area contributed by atoms with E-state index < -0.39 is 11.6 Å². The van der Waals surface area contributed by atoms with Crippen LogP contribution in [0.1, 0.15) is 30.9 Å². The van der Waals surface area contributed by atoms with Crippen molar-refractivity contribution in [2.45, 2.75) is 38.0 Å². The lowest BCUT2D eigenvalue weighted by Gasteiger charge is -2.27. The molecule has 10 heteroatoms. The van der Waals surface area contributed by atoms with Gasteiger partial charge in [-0.25, -0.2) is 10.4 Å². The van der Waals surface area contributed by atoms with Crippen LogP contribution in [0.25, 0.3) is 0 Å². The molecule has 1 heterocycles. The normalized spacial score (nSPS) is 18.4. The van der Waals surface area contributed by atoms with Crippen molar-refractivity contribution in [2.75, 3.05) is 34.5 Å². The number of nitrogens with one attached hydrogen (secondary N) is 2. The van der Waals surface area contributed by atoms with E-state index in [9.17, 15) is 4.79 Å². The van der Waals surface area contributed by atoms with Gasteiger partial charge < -0.3 is 28.8 Å². The highest BCUT2D eigenvalue weighted by atomic mass is 16.5. The number of aliphatic imine (C=N–C) groups is 1. The molecule has 37 heavy (non-hydrogen) atoms. The summed E-state index contributed by atoms with van der Waals surface area (Å²) in [6.45, 7) is 6.43. The summed E-state index contributed by atoms with van der Waals surface area (Å²) in [7, 11) is 4.63. The minimum Gasteiger partial charge on any atom is -0.494 e. The van der Waals surface area contributed by atoms with E-state index in [4.69, 9.17) is 33.8 Å². The van der Waals surface area contributed by atoms with E-state index >= 15 is 0 Å². The first-order chi connectivity index (χ1) is 17.9. The largest absolute Gasteiger partial charge is 0.494 e. The Morgan fingerprint density at radius 3 is 2.41 bits per heavy atom. The lowest BCUT2D eigenvalue weighted by Crippen LogP contribution is -2.54. The molecule has 0 aliphatic carbocycles. The van der Waals surface area contributed by atoms with E-state index in [-0.39, 0.29) is 18.9 Å². The number of carbonyl (C=O) groups excluding carboxylic acids is 1. The van der Waals surface area contributed by atoms with Gasteiger partial charge in [0.2, 0.25) is 11.6 Å². The molecule has 2 aromatic rings. The van der Waals surface area contributed by atoms with E-state index in [0.717, 1.165) is 11.1 Å². The Bertz CT molecular complexity index is 1080. The maximum absolute atomic E-state index is 13.4. The topological polar surface area (TPSA) is 120 Å². The molecule has 1 aliphatic rings. The Labute approximate surface area is 217 Å². The first kappa shape index (κ1) is 27.8. The van der Waals surface area contributed by atoms with Crippen LogP contribution in [0, 0.1) is 0 Å². The van der Waals surface area contributed by atoms with Crippen molar-refractivity contribution in [2.24, 2.45) is 4.99 Å². The minimum atomic E-state index is -1.18. The Balaban J connectivity index is 1.72. The quantitative estimate of drug-likeness (QED) is 0.200. The first-order valence-corrected chi connectivity index (χ1v) is 12.0. The number of rotatable bonds is 14. The summed E-state index contributed by atoms with van der Waals surface area (Å²) in [5.41, 5.74) is 6.09. The van der Waals surface area contributed by atoms with Crippen molar-refractivity contribution in [3.05, 3.63) is 60.2 Å². The molecular formula is C27H35N3O7. The van der Waals surface area contributed by atoms with Crippen LogP contribution >= 0.6 is 0 Å². The molecule has 0 saturated carbocycles. The molecule has 0 saturated heterocycles. The maximum atomic E-state index is 13.4. The molecule has 200 valence electrons. The molecule has 2 aromatic carbocycles. The average molecular weight is 514 g/mol. The highest BCUT2D eigenvalue weighted by molar-refractivity contribution is 6.00. The van der Waals surface area contributed by atoms with Crippen LogP contribution in [-0.2, 0) is 16.1 Å². The van der Waals surface area contributed by atoms with Gasteiger partial charge >= 0.3 is 0 Å². The molecule has 0 aromatic heterocycles. The van der Waals surface area contributed by atoms with Crippen molar-refractivity contribution >= 4 is 11.8 Å². The Kier molecular flexibility index (Phi) is 9.76. The number of amides is 1. The lowest BCUT2D eigenvalue weighted by molar-refractivity contribution is -0.129. The third-order valence-electron chi connectivity index (χ3n) is 6.00. The summed E-state index contributed by atoms with van der Waals surface area (Å²) in [6, 6.07) is 10.9. The van der Waals surface area contributed by atoms with Gasteiger partial charge in [-0.2, -0.15) is 0 Å². The van der Waals surface area contributed by atoms with Gasteiger partial charge in [0.25, 0.3) is 5.91 Å². The molecule has 0 bridgehead atoms. The van der Waals surface area contributed by atoms with Crippen LogP contribution in [0.3, 0.4) is 0 Å². The van der Waals surface area contributed by atoms with Crippen molar-refractivity contribution in [3.8, 4) is 23.0 Å². The van der Waals surface area contributed by atoms with E-state index in [1.54, 1.807) is 51.7 Å². The van der Waals surface area contributed by atoms with E-state index in [1.807, 2.05) is 19.1 Å². The fourth-order valence-electron chi connectivity index (χ4n) is 3.98. The smallest absolute Gasteiger partial charge is 0.266 e. The third kappa shape index (κ3) is 6.33. The van der Waals surface area contributed by atoms with Crippen molar-refractivity contribution < 1.29 is 33.6 Å². The molecule has 0 radical (unpaired) electrons. The fourth-order valence-corrected chi connectivity index (χ4v) is 3.98. The number of carbonyl (C=O) groups is 1. The minimum absolute atomic E-state index is 0.0748. The number of benzene rings is 2. The van der Waals surface area contributed by atoms with Crippen LogP contribution in [0.15, 0.2) is 54.0 Å². The van der Waals surface area contributed by atoms with Gasteiger partial charge in [0.15, 0.2) is 17.0 Å². The summed E-state index contributed by atoms with van der Waals surface area (Å²) < 4.78 is 27.7. The zero-order valence-corrected chi connectivity index (χ0v) is 21.7. The SMILES string of the molecule is C=CC[C@]1(C(=O)NNCc2cc(OC)c(OC)c(OC)c2)N=C(c2ccc(OCCCO)cc2)O[C@H]1C. The second kappa shape index (κ2) is 13.0. The number of ether oxygens (including phenoxy) is 5. The lowest BCUT2D eigenvalue weighted by atomic mass is 9.90. The van der Waals surface area contributed by atoms with Crippen LogP contribution in [0.5, 0.6) is 23.0 Å². The Hall–Kier alpha value is -3.76. The van der Waals surface area contributed by atoms with Gasteiger partial charge in [0.05, 0.1) is 27.9 Å². The highest BCUT2D eigenvalue weighted by Gasteiger charge is 2.49. The van der Waals surface area contributed by atoms with Crippen molar-refractivity contribution in [1.82, 2.24) is 10.9 Å². The van der Waals surface area contributed by atoms with Gasteiger partial charge in [-0.15, -0.1) is 6.58 Å². The molecular weight excluding hydrogens is 478 g/mol. The molecule has 0 fully saturated rings. The van der Waals surface area contributed by atoms with Gasteiger partial charge in [0.1, 0.15) is 11.9 Å². The van der Waals surface area contributed by atoms with Crippen molar-refractivity contribution in [3.63, 3.8) is 0 Å². The molecule has 0 spiro atoms. The number of hydrogen-bond acceptors (Lipinski definition) is 9. The third-order valence-corrected chi connectivity index (χ3v) is 6.00. The van der Waals surface area contributed by atoms with Gasteiger partial charge in [-0.3, -0.25) is 10.2 Å². The number of hydrogen-bond donors (Lipinski definition) is 3. The predicted octanol–water partition coefficient (Wildman–Crippen LogP) is 2.77. The van der Waals surface area contributed by atoms with E-state index in [0.29, 0.717) is 48.5 Å². The van der Waals surface area contributed by atoms with E-state index in [2.05, 4.69) is 17.4 Å². The number of aliphatic hydroxyl groups is 1. The molecule has 10 nitrogen and oxygen atoms in total. The molecule has 0 unspecified atom stereocenters. The number of hydrazine groups is 1. The van der Waals surface area contributed by atoms with Gasteiger partial charge in [-0.1, -0.05) is 6.08 Å². The average Bonchev–Trinajstić information content (AvgIpc) is 3.25. The standard InChI is InChI=1S/C27H35N3O7/c1-6-12-27(18(2)37-25(29-27)20-8-10-21(11-9-20)36-14-7-13-31)26(32)30-28-17-19-15-22(33-3)24(35-5)23(16-19)34-4/h6,8-11,15-16,18,28,31H,1,7,12-14,17H2,2-5H3,(H,30,32)/t18-,27-/m0/s1. The Morgan fingerprint density at radius 2 is 1.84 bits per heavy atom. The number of aliphatic hydroxyl groups excluding tert-OH is 1. The zero-order chi connectivity index (χ0) is 26.8. The summed E-state index contributed by atoms with van der Waals surface area (Å²) in [5, 5.41) is 8.90. The Morgan fingerprint density at radius 1 is 1.16 bits per heavy atom. The second-order valence-corrected chi connectivity index (χ2v) is 8.39. The molecule has 2 atom stereocenters. The van der Waals surface area contributed by atoms with E-state index in [1.165, 1.54) is 0 Å². The highest BCUT2D eigenvalue weighted by Crippen LogP contribution is 2.38. The predicted molar refractivity (Wildman–Crippen MR) is 139 cm³/mol. The zero-order valence-electron chi connectivity index (χ0n) is 21.7. The molecule has 3 N–H and O–H groups in total. The number of methoxy groups -OCH3 is 3. The fraction of sp³-hybridized carbons (Fsp3) is 0.407. The molecule has 3 rings (SSSR count). The first-order valence-electron chi connectivity index (χ1n) is 12.0. The summed E-state index contributed by atoms with van der Waals surface area (Å²) in [4.78, 5) is 18.1. The summed E-state index contributed by atoms with van der Waals surface area (Å²) in [6.07, 6.45) is 1.98. The number of nitrogens with zero attached hydrogens (tertiary/aromatic N) is 1. The monoisotopic (exact) mass is 513 g/mol. The van der Waals surface area contributed by atoms with Crippen LogP contribution in [-0.4, -0.2) is 63.1 Å². The van der Waals surface area contributed by atoms with Crippen LogP contribution < -0.4 is 29.8 Å².